The number of alkyl halides is 2. The van der Waals surface area contributed by atoms with Crippen LogP contribution in [0, 0.1) is 0 Å². The lowest BCUT2D eigenvalue weighted by atomic mass is 10.0. The Labute approximate surface area is 109 Å². The number of anilines is 1. The molecule has 0 aliphatic carbocycles. The van der Waals surface area contributed by atoms with Gasteiger partial charge in [-0.25, -0.2) is 0 Å². The van der Waals surface area contributed by atoms with E-state index in [0.717, 1.165) is 12.0 Å². The van der Waals surface area contributed by atoms with Crippen LogP contribution in [0.3, 0.4) is 0 Å². The van der Waals surface area contributed by atoms with Crippen molar-refractivity contribution < 1.29 is 18.0 Å². The van der Waals surface area contributed by atoms with Crippen molar-refractivity contribution in [2.24, 2.45) is 0 Å². The summed E-state index contributed by atoms with van der Waals surface area (Å²) in [5.41, 5.74) is 7.13. The molecule has 6 heteroatoms. The van der Waals surface area contributed by atoms with Gasteiger partial charge in [0.1, 0.15) is 5.75 Å². The molecule has 0 fully saturated rings. The van der Waals surface area contributed by atoms with E-state index in [0.29, 0.717) is 23.6 Å². The van der Waals surface area contributed by atoms with Crippen LogP contribution in [0.1, 0.15) is 18.9 Å². The van der Waals surface area contributed by atoms with Crippen LogP contribution in [0.4, 0.5) is 14.6 Å². The molecule has 19 heavy (non-hydrogen) atoms. The first-order valence-electron chi connectivity index (χ1n) is 5.91. The van der Waals surface area contributed by atoms with Crippen LogP contribution in [0.2, 0.25) is 0 Å². The predicted molar refractivity (Wildman–Crippen MR) is 67.0 cm³/mol. The van der Waals surface area contributed by atoms with E-state index < -0.39 is 6.61 Å². The molecule has 0 bridgehead atoms. The van der Waals surface area contributed by atoms with Gasteiger partial charge in [0.05, 0.1) is 0 Å². The molecule has 0 saturated carbocycles. The van der Waals surface area contributed by atoms with Gasteiger partial charge in [0, 0.05) is 11.1 Å². The number of nitrogens with zero attached hydrogens (tertiary/aromatic N) is 1. The topological polar surface area (TPSA) is 61.3 Å². The molecule has 102 valence electrons. The molecule has 4 nitrogen and oxygen atoms in total. The highest BCUT2D eigenvalue weighted by Crippen LogP contribution is 2.31. The van der Waals surface area contributed by atoms with E-state index in [1.807, 2.05) is 6.92 Å². The van der Waals surface area contributed by atoms with Crippen molar-refractivity contribution in [1.82, 2.24) is 5.16 Å². The van der Waals surface area contributed by atoms with E-state index in [1.54, 1.807) is 12.1 Å². The van der Waals surface area contributed by atoms with Crippen molar-refractivity contribution in [3.8, 4) is 17.1 Å². The summed E-state index contributed by atoms with van der Waals surface area (Å²) in [4.78, 5) is 0. The second kappa shape index (κ2) is 5.69. The molecule has 0 saturated heterocycles. The van der Waals surface area contributed by atoms with Crippen LogP contribution in [0.5, 0.6) is 5.75 Å². The zero-order valence-corrected chi connectivity index (χ0v) is 10.4. The van der Waals surface area contributed by atoms with E-state index in [9.17, 15) is 8.78 Å². The summed E-state index contributed by atoms with van der Waals surface area (Å²) in [7, 11) is 0. The zero-order chi connectivity index (χ0) is 13.8. The Hall–Kier alpha value is -2.11. The Kier molecular flexibility index (Phi) is 3.99. The minimum Gasteiger partial charge on any atom is -0.435 e. The molecule has 0 radical (unpaired) electrons. The van der Waals surface area contributed by atoms with E-state index in [4.69, 9.17) is 10.3 Å². The van der Waals surface area contributed by atoms with E-state index in [-0.39, 0.29) is 5.75 Å². The molecular formula is C13H14F2N2O2. The summed E-state index contributed by atoms with van der Waals surface area (Å²) < 4.78 is 33.9. The van der Waals surface area contributed by atoms with Gasteiger partial charge >= 0.3 is 6.61 Å². The smallest absolute Gasteiger partial charge is 0.387 e. The van der Waals surface area contributed by atoms with Gasteiger partial charge in [0.15, 0.2) is 11.6 Å². The largest absolute Gasteiger partial charge is 0.435 e. The van der Waals surface area contributed by atoms with Gasteiger partial charge < -0.3 is 15.0 Å². The molecule has 0 spiro atoms. The fraction of sp³-hybridized carbons (Fsp3) is 0.308. The normalized spacial score (nSPS) is 10.9. The summed E-state index contributed by atoms with van der Waals surface area (Å²) >= 11 is 0. The number of nitrogens with two attached hydrogens (primary N) is 1. The van der Waals surface area contributed by atoms with Gasteiger partial charge in [0.2, 0.25) is 0 Å². The fourth-order valence-electron chi connectivity index (χ4n) is 1.85. The number of hydrogen-bond donors (Lipinski definition) is 1. The van der Waals surface area contributed by atoms with Crippen LogP contribution >= 0.6 is 0 Å². The van der Waals surface area contributed by atoms with Crippen LogP contribution in [0.15, 0.2) is 28.8 Å². The van der Waals surface area contributed by atoms with Gasteiger partial charge in [-0.3, -0.25) is 0 Å². The molecule has 0 aliphatic rings. The lowest BCUT2D eigenvalue weighted by Crippen LogP contribution is -2.01. The standard InChI is InChI=1S/C13H14F2N2O2/c1-2-4-10-11(19-17-12(10)16)8-5-3-6-9(7-8)18-13(14)15/h3,5-7,13H,2,4H2,1H3,(H2,16,17). The van der Waals surface area contributed by atoms with E-state index in [1.165, 1.54) is 12.1 Å². The summed E-state index contributed by atoms with van der Waals surface area (Å²) in [6.07, 6.45) is 1.59. The van der Waals surface area contributed by atoms with Gasteiger partial charge in [-0.1, -0.05) is 30.6 Å². The average molecular weight is 268 g/mol. The third-order valence-corrected chi connectivity index (χ3v) is 2.64. The summed E-state index contributed by atoms with van der Waals surface area (Å²) in [5, 5.41) is 3.72. The van der Waals surface area contributed by atoms with E-state index >= 15 is 0 Å². The monoisotopic (exact) mass is 268 g/mol. The molecule has 2 N–H and O–H groups in total. The molecule has 1 aromatic carbocycles. The Morgan fingerprint density at radius 3 is 2.89 bits per heavy atom. The predicted octanol–water partition coefficient (Wildman–Crippen LogP) is 3.48. The zero-order valence-electron chi connectivity index (χ0n) is 10.4. The second-order valence-electron chi connectivity index (χ2n) is 4.03. The molecule has 2 rings (SSSR count). The highest BCUT2D eigenvalue weighted by atomic mass is 19.3. The van der Waals surface area contributed by atoms with Crippen LogP contribution in [-0.4, -0.2) is 11.8 Å². The lowest BCUT2D eigenvalue weighted by Gasteiger charge is -2.06. The van der Waals surface area contributed by atoms with Crippen molar-refractivity contribution in [2.75, 3.05) is 5.73 Å². The molecule has 0 unspecified atom stereocenters. The maximum absolute atomic E-state index is 12.2. The maximum atomic E-state index is 12.2. The number of ether oxygens (including phenoxy) is 1. The molecule has 0 amide bonds. The minimum atomic E-state index is -2.86. The Bertz CT molecular complexity index is 555. The van der Waals surface area contributed by atoms with Crippen molar-refractivity contribution in [1.29, 1.82) is 0 Å². The number of benzene rings is 1. The molecule has 1 heterocycles. The number of nitrogen functional groups attached to an aromatic ring is 1. The van der Waals surface area contributed by atoms with Gasteiger partial charge in [-0.15, -0.1) is 0 Å². The summed E-state index contributed by atoms with van der Waals surface area (Å²) in [6.45, 7) is -0.850. The lowest BCUT2D eigenvalue weighted by molar-refractivity contribution is -0.0498. The molecule has 0 atom stereocenters. The van der Waals surface area contributed by atoms with Gasteiger partial charge in [-0.05, 0) is 18.6 Å². The number of rotatable bonds is 5. The van der Waals surface area contributed by atoms with Crippen molar-refractivity contribution >= 4 is 5.82 Å². The fourth-order valence-corrected chi connectivity index (χ4v) is 1.85. The minimum absolute atomic E-state index is 0.0740. The van der Waals surface area contributed by atoms with Crippen molar-refractivity contribution in [2.45, 2.75) is 26.4 Å². The Morgan fingerprint density at radius 1 is 1.42 bits per heavy atom. The van der Waals surface area contributed by atoms with Crippen molar-refractivity contribution in [3.63, 3.8) is 0 Å². The summed E-state index contributed by atoms with van der Waals surface area (Å²) in [6, 6.07) is 6.28. The number of aromatic nitrogens is 1. The highest BCUT2D eigenvalue weighted by Gasteiger charge is 2.16. The van der Waals surface area contributed by atoms with Crippen LogP contribution in [0.25, 0.3) is 11.3 Å². The first-order chi connectivity index (χ1) is 9.11. The number of hydrogen-bond acceptors (Lipinski definition) is 4. The van der Waals surface area contributed by atoms with Crippen molar-refractivity contribution in [3.05, 3.63) is 29.8 Å². The third kappa shape index (κ3) is 3.01. The second-order valence-corrected chi connectivity index (χ2v) is 4.03. The van der Waals surface area contributed by atoms with Crippen LogP contribution < -0.4 is 10.5 Å². The molecule has 0 aliphatic heterocycles. The van der Waals surface area contributed by atoms with Gasteiger partial charge in [-0.2, -0.15) is 8.78 Å². The van der Waals surface area contributed by atoms with Crippen LogP contribution in [-0.2, 0) is 6.42 Å². The molecular weight excluding hydrogens is 254 g/mol. The van der Waals surface area contributed by atoms with E-state index in [2.05, 4.69) is 9.89 Å². The highest BCUT2D eigenvalue weighted by molar-refractivity contribution is 5.67. The maximum Gasteiger partial charge on any atom is 0.387 e. The van der Waals surface area contributed by atoms with Gasteiger partial charge in [0.25, 0.3) is 0 Å². The quantitative estimate of drug-likeness (QED) is 0.901. The Balaban J connectivity index is 2.36. The summed E-state index contributed by atoms with van der Waals surface area (Å²) in [5.74, 6) is 0.904. The first-order valence-corrected chi connectivity index (χ1v) is 5.91. The Morgan fingerprint density at radius 2 is 2.21 bits per heavy atom. The molecule has 1 aromatic heterocycles. The average Bonchev–Trinajstić information content (AvgIpc) is 2.71. The first kappa shape index (κ1) is 13.3. The third-order valence-electron chi connectivity index (χ3n) is 2.64. The SMILES string of the molecule is CCCc1c(N)noc1-c1cccc(OC(F)F)c1. The number of halogens is 2. The molecule has 2 aromatic rings.